The van der Waals surface area contributed by atoms with Crippen molar-refractivity contribution in [3.8, 4) is 6.07 Å². The molecule has 0 unspecified atom stereocenters. The fourth-order valence-electron chi connectivity index (χ4n) is 1.93. The Hall–Kier alpha value is -2.18. The Morgan fingerprint density at radius 3 is 2.44 bits per heavy atom. The molecule has 0 saturated carbocycles. The minimum Gasteiger partial charge on any atom is -0.314 e. The molecule has 0 spiro atoms. The largest absolute Gasteiger partial charge is 0.314 e. The van der Waals surface area contributed by atoms with Crippen LogP contribution in [-0.4, -0.2) is 0 Å². The highest BCUT2D eigenvalue weighted by molar-refractivity contribution is 8.03. The first-order chi connectivity index (χ1) is 8.88. The fraction of sp³-hybridized carbons (Fsp3) is 0. The van der Waals surface area contributed by atoms with Crippen LogP contribution in [0.5, 0.6) is 0 Å². The lowest BCUT2D eigenvalue weighted by molar-refractivity contribution is 1.21. The van der Waals surface area contributed by atoms with Gasteiger partial charge in [-0.25, -0.2) is 0 Å². The maximum Gasteiger partial charge on any atom is 0.108 e. The van der Waals surface area contributed by atoms with Crippen molar-refractivity contribution in [2.75, 3.05) is 4.90 Å². The van der Waals surface area contributed by atoms with E-state index in [1.165, 1.54) is 11.8 Å². The van der Waals surface area contributed by atoms with E-state index in [-0.39, 0.29) is 0 Å². The van der Waals surface area contributed by atoms with Crippen molar-refractivity contribution in [2.45, 2.75) is 4.90 Å². The van der Waals surface area contributed by atoms with E-state index in [1.54, 1.807) is 0 Å². The number of thioether (sulfide) groups is 1. The summed E-state index contributed by atoms with van der Waals surface area (Å²) in [6.45, 7) is 0. The van der Waals surface area contributed by atoms with Crippen LogP contribution in [0.2, 0.25) is 0 Å². The summed E-state index contributed by atoms with van der Waals surface area (Å²) in [5, 5.41) is 9.12. The van der Waals surface area contributed by atoms with E-state index in [0.717, 1.165) is 16.3 Å². The molecule has 0 fully saturated rings. The first-order valence-electron chi connectivity index (χ1n) is 5.61. The Bertz CT molecular complexity index is 641. The van der Waals surface area contributed by atoms with Crippen LogP contribution in [0.4, 0.5) is 11.4 Å². The SMILES string of the molecule is N#CC1=CN(c2ccccc2)c2ccccc2S1. The van der Waals surface area contributed by atoms with Gasteiger partial charge in [0.25, 0.3) is 0 Å². The van der Waals surface area contributed by atoms with Crippen LogP contribution in [0.15, 0.2) is 70.6 Å². The van der Waals surface area contributed by atoms with Crippen LogP contribution in [0, 0.1) is 11.3 Å². The number of hydrogen-bond donors (Lipinski definition) is 0. The van der Waals surface area contributed by atoms with Crippen molar-refractivity contribution in [3.63, 3.8) is 0 Å². The zero-order valence-corrected chi connectivity index (χ0v) is 10.4. The molecule has 18 heavy (non-hydrogen) atoms. The van der Waals surface area contributed by atoms with Gasteiger partial charge in [-0.05, 0) is 24.3 Å². The molecular weight excluding hydrogens is 240 g/mol. The molecule has 3 heteroatoms. The molecule has 2 aromatic rings. The predicted octanol–water partition coefficient (Wildman–Crippen LogP) is 4.30. The Kier molecular flexibility index (Phi) is 2.79. The van der Waals surface area contributed by atoms with Gasteiger partial charge in [-0.1, -0.05) is 42.1 Å². The molecule has 0 atom stereocenters. The molecule has 2 aromatic carbocycles. The molecule has 0 bridgehead atoms. The van der Waals surface area contributed by atoms with Gasteiger partial charge >= 0.3 is 0 Å². The Morgan fingerprint density at radius 1 is 0.944 bits per heavy atom. The zero-order valence-electron chi connectivity index (χ0n) is 9.58. The van der Waals surface area contributed by atoms with Gasteiger partial charge in [-0.3, -0.25) is 0 Å². The fourth-order valence-corrected chi connectivity index (χ4v) is 2.79. The number of allylic oxidation sites excluding steroid dienone is 1. The number of para-hydroxylation sites is 2. The first-order valence-corrected chi connectivity index (χ1v) is 6.43. The van der Waals surface area contributed by atoms with Gasteiger partial charge in [0.1, 0.15) is 11.0 Å². The van der Waals surface area contributed by atoms with E-state index in [2.05, 4.69) is 17.0 Å². The standard InChI is InChI=1S/C15H10N2S/c16-10-13-11-17(12-6-2-1-3-7-12)14-8-4-5-9-15(14)18-13/h1-9,11H. The molecule has 2 nitrogen and oxygen atoms in total. The second-order valence-corrected chi connectivity index (χ2v) is 4.96. The van der Waals surface area contributed by atoms with E-state index in [1.807, 2.05) is 54.7 Å². The van der Waals surface area contributed by atoms with Crippen LogP contribution in [0.3, 0.4) is 0 Å². The Morgan fingerprint density at radius 2 is 1.67 bits per heavy atom. The van der Waals surface area contributed by atoms with Crippen molar-refractivity contribution < 1.29 is 0 Å². The summed E-state index contributed by atoms with van der Waals surface area (Å²) < 4.78 is 0. The van der Waals surface area contributed by atoms with Gasteiger partial charge in [0.05, 0.1) is 5.69 Å². The molecule has 0 aliphatic carbocycles. The zero-order chi connectivity index (χ0) is 12.4. The minimum absolute atomic E-state index is 0.706. The van der Waals surface area contributed by atoms with Crippen LogP contribution in [-0.2, 0) is 0 Å². The van der Waals surface area contributed by atoms with Crippen LogP contribution >= 0.6 is 11.8 Å². The average molecular weight is 250 g/mol. The van der Waals surface area contributed by atoms with Gasteiger partial charge in [0.2, 0.25) is 0 Å². The third-order valence-electron chi connectivity index (χ3n) is 2.74. The molecule has 1 aliphatic rings. The Balaban J connectivity index is 2.14. The van der Waals surface area contributed by atoms with Crippen molar-refractivity contribution >= 4 is 23.1 Å². The van der Waals surface area contributed by atoms with Gasteiger partial charge in [-0.15, -0.1) is 0 Å². The molecule has 0 aromatic heterocycles. The summed E-state index contributed by atoms with van der Waals surface area (Å²) >= 11 is 1.51. The maximum absolute atomic E-state index is 9.12. The summed E-state index contributed by atoms with van der Waals surface area (Å²) in [7, 11) is 0. The predicted molar refractivity (Wildman–Crippen MR) is 74.6 cm³/mol. The maximum atomic E-state index is 9.12. The molecule has 0 saturated heterocycles. The lowest BCUT2D eigenvalue weighted by atomic mass is 10.2. The average Bonchev–Trinajstić information content (AvgIpc) is 2.47. The van der Waals surface area contributed by atoms with Gasteiger partial charge in [-0.2, -0.15) is 5.26 Å². The van der Waals surface area contributed by atoms with Crippen molar-refractivity contribution in [2.24, 2.45) is 0 Å². The number of anilines is 2. The second kappa shape index (κ2) is 4.59. The third kappa shape index (κ3) is 1.87. The molecule has 0 N–H and O–H groups in total. The molecule has 1 heterocycles. The monoisotopic (exact) mass is 250 g/mol. The van der Waals surface area contributed by atoms with Crippen LogP contribution in [0.25, 0.3) is 0 Å². The van der Waals surface area contributed by atoms with E-state index in [0.29, 0.717) is 4.91 Å². The summed E-state index contributed by atoms with van der Waals surface area (Å²) in [6, 6.07) is 20.4. The van der Waals surface area contributed by atoms with Gasteiger partial charge in [0, 0.05) is 16.8 Å². The van der Waals surface area contributed by atoms with E-state index in [9.17, 15) is 0 Å². The second-order valence-electron chi connectivity index (χ2n) is 3.88. The highest BCUT2D eigenvalue weighted by atomic mass is 32.2. The number of fused-ring (bicyclic) bond motifs is 1. The number of rotatable bonds is 1. The van der Waals surface area contributed by atoms with E-state index < -0.39 is 0 Å². The lowest BCUT2D eigenvalue weighted by Gasteiger charge is -2.27. The summed E-state index contributed by atoms with van der Waals surface area (Å²) in [5.41, 5.74) is 2.19. The van der Waals surface area contributed by atoms with Crippen LogP contribution < -0.4 is 4.90 Å². The summed E-state index contributed by atoms with van der Waals surface area (Å²) in [5.74, 6) is 0. The molecule has 1 aliphatic heterocycles. The molecule has 86 valence electrons. The number of hydrogen-bond acceptors (Lipinski definition) is 3. The van der Waals surface area contributed by atoms with Crippen molar-refractivity contribution in [3.05, 3.63) is 65.7 Å². The molecule has 0 amide bonds. The topological polar surface area (TPSA) is 27.0 Å². The van der Waals surface area contributed by atoms with Crippen molar-refractivity contribution in [1.29, 1.82) is 5.26 Å². The Labute approximate surface area is 110 Å². The normalized spacial score (nSPS) is 13.5. The van der Waals surface area contributed by atoms with E-state index >= 15 is 0 Å². The lowest BCUT2D eigenvalue weighted by Crippen LogP contribution is -2.12. The van der Waals surface area contributed by atoms with Gasteiger partial charge < -0.3 is 4.90 Å². The smallest absolute Gasteiger partial charge is 0.108 e. The first kappa shape index (κ1) is 10.9. The third-order valence-corrected chi connectivity index (χ3v) is 3.72. The quantitative estimate of drug-likeness (QED) is 0.755. The molecule has 3 rings (SSSR count). The molecular formula is C15H10N2S. The van der Waals surface area contributed by atoms with Crippen LogP contribution in [0.1, 0.15) is 0 Å². The van der Waals surface area contributed by atoms with Crippen molar-refractivity contribution in [1.82, 2.24) is 0 Å². The minimum atomic E-state index is 0.706. The number of nitriles is 1. The summed E-state index contributed by atoms with van der Waals surface area (Å²) in [6.07, 6.45) is 1.89. The highest BCUT2D eigenvalue weighted by Gasteiger charge is 2.18. The number of benzene rings is 2. The van der Waals surface area contributed by atoms with Gasteiger partial charge in [0.15, 0.2) is 0 Å². The highest BCUT2D eigenvalue weighted by Crippen LogP contribution is 2.42. The molecule has 0 radical (unpaired) electrons. The number of nitrogens with zero attached hydrogens (tertiary/aromatic N) is 2. The van der Waals surface area contributed by atoms with E-state index in [4.69, 9.17) is 5.26 Å². The summed E-state index contributed by atoms with van der Waals surface area (Å²) in [4.78, 5) is 3.88.